The fourth-order valence-electron chi connectivity index (χ4n) is 3.50. The molecule has 0 bridgehead atoms. The molecular formula is C20H32N4O4S. The topological polar surface area (TPSA) is 90.0 Å². The Labute approximate surface area is 173 Å². The first-order chi connectivity index (χ1) is 13.8. The highest BCUT2D eigenvalue weighted by Gasteiger charge is 2.33. The molecule has 1 aromatic rings. The van der Waals surface area contributed by atoms with E-state index in [0.717, 1.165) is 19.4 Å². The molecule has 0 aliphatic carbocycles. The van der Waals surface area contributed by atoms with Crippen LogP contribution in [0.25, 0.3) is 0 Å². The Morgan fingerprint density at radius 2 is 1.72 bits per heavy atom. The van der Waals surface area contributed by atoms with Crippen molar-refractivity contribution in [2.75, 3.05) is 53.1 Å². The van der Waals surface area contributed by atoms with Gasteiger partial charge in [0, 0.05) is 38.8 Å². The monoisotopic (exact) mass is 424 g/mol. The quantitative estimate of drug-likeness (QED) is 0.587. The Hall–Kier alpha value is -1.97. The molecule has 1 atom stereocenters. The number of unbranched alkanes of at least 4 members (excludes halogenated alkanes) is 1. The number of benzene rings is 1. The predicted octanol–water partition coefficient (Wildman–Crippen LogP) is 0.621. The molecule has 0 radical (unpaired) electrons. The SMILES string of the molecule is CNCCCC[C@@H](C(=O)N1CCN(S(C)(=O)=O)CC1)N(C)C(=O)c1ccccc1. The number of amides is 2. The smallest absolute Gasteiger partial charge is 0.254 e. The zero-order valence-electron chi connectivity index (χ0n) is 17.5. The molecule has 0 spiro atoms. The van der Waals surface area contributed by atoms with E-state index in [4.69, 9.17) is 0 Å². The molecule has 9 heteroatoms. The fourth-order valence-corrected chi connectivity index (χ4v) is 4.33. The molecule has 1 heterocycles. The summed E-state index contributed by atoms with van der Waals surface area (Å²) in [6, 6.07) is 8.37. The van der Waals surface area contributed by atoms with Gasteiger partial charge in [-0.15, -0.1) is 0 Å². The zero-order chi connectivity index (χ0) is 21.4. The van der Waals surface area contributed by atoms with Gasteiger partial charge in [0.15, 0.2) is 0 Å². The lowest BCUT2D eigenvalue weighted by Crippen LogP contribution is -2.56. The highest BCUT2D eigenvalue weighted by molar-refractivity contribution is 7.88. The molecule has 1 aromatic carbocycles. The number of hydrogen-bond acceptors (Lipinski definition) is 5. The van der Waals surface area contributed by atoms with Gasteiger partial charge in [-0.3, -0.25) is 9.59 Å². The summed E-state index contributed by atoms with van der Waals surface area (Å²) in [7, 11) is 0.296. The van der Waals surface area contributed by atoms with Crippen LogP contribution in [-0.4, -0.2) is 93.5 Å². The molecule has 1 saturated heterocycles. The van der Waals surface area contributed by atoms with E-state index in [1.807, 2.05) is 13.1 Å². The van der Waals surface area contributed by atoms with Crippen molar-refractivity contribution in [2.45, 2.75) is 25.3 Å². The molecule has 1 aliphatic heterocycles. The lowest BCUT2D eigenvalue weighted by molar-refractivity contribution is -0.137. The second-order valence-corrected chi connectivity index (χ2v) is 9.37. The van der Waals surface area contributed by atoms with Gasteiger partial charge in [-0.25, -0.2) is 8.42 Å². The summed E-state index contributed by atoms with van der Waals surface area (Å²) in [5.74, 6) is -0.304. The standard InChI is InChI=1S/C20H32N4O4S/c1-21-12-8-7-11-18(22(2)19(25)17-9-5-4-6-10-17)20(26)23-13-15-24(16-14-23)29(3,27)28/h4-6,9-10,18,21H,7-8,11-16H2,1-3H3/t18-/m0/s1. The highest BCUT2D eigenvalue weighted by Crippen LogP contribution is 2.16. The maximum atomic E-state index is 13.2. The van der Waals surface area contributed by atoms with E-state index in [-0.39, 0.29) is 24.9 Å². The van der Waals surface area contributed by atoms with E-state index in [1.54, 1.807) is 36.2 Å². The van der Waals surface area contributed by atoms with Crippen molar-refractivity contribution in [2.24, 2.45) is 0 Å². The summed E-state index contributed by atoms with van der Waals surface area (Å²) in [5, 5.41) is 3.09. The molecule has 2 amide bonds. The Balaban J connectivity index is 2.10. The number of hydrogen-bond donors (Lipinski definition) is 1. The Morgan fingerprint density at radius 1 is 1.10 bits per heavy atom. The van der Waals surface area contributed by atoms with Gasteiger partial charge < -0.3 is 15.1 Å². The fraction of sp³-hybridized carbons (Fsp3) is 0.600. The van der Waals surface area contributed by atoms with Gasteiger partial charge in [0.05, 0.1) is 6.26 Å². The summed E-state index contributed by atoms with van der Waals surface area (Å²) in [6.45, 7) is 2.10. The number of nitrogens with one attached hydrogen (secondary N) is 1. The normalized spacial score (nSPS) is 16.4. The van der Waals surface area contributed by atoms with E-state index >= 15 is 0 Å². The molecule has 0 saturated carbocycles. The van der Waals surface area contributed by atoms with E-state index in [9.17, 15) is 18.0 Å². The van der Waals surface area contributed by atoms with Gasteiger partial charge in [0.2, 0.25) is 15.9 Å². The zero-order valence-corrected chi connectivity index (χ0v) is 18.3. The summed E-state index contributed by atoms with van der Waals surface area (Å²) in [4.78, 5) is 29.4. The molecule has 8 nitrogen and oxygen atoms in total. The minimum absolute atomic E-state index is 0.116. The second-order valence-electron chi connectivity index (χ2n) is 7.38. The van der Waals surface area contributed by atoms with E-state index < -0.39 is 16.1 Å². The molecule has 1 aliphatic rings. The van der Waals surface area contributed by atoms with Crippen LogP contribution in [0, 0.1) is 0 Å². The average Bonchev–Trinajstić information content (AvgIpc) is 2.72. The van der Waals surface area contributed by atoms with Gasteiger partial charge in [0.25, 0.3) is 5.91 Å². The predicted molar refractivity (Wildman–Crippen MR) is 113 cm³/mol. The van der Waals surface area contributed by atoms with Crippen molar-refractivity contribution < 1.29 is 18.0 Å². The maximum absolute atomic E-state index is 13.2. The third-order valence-corrected chi connectivity index (χ3v) is 6.57. The minimum Gasteiger partial charge on any atom is -0.338 e. The summed E-state index contributed by atoms with van der Waals surface area (Å²) >= 11 is 0. The number of piperazine rings is 1. The Morgan fingerprint density at radius 3 is 2.28 bits per heavy atom. The van der Waals surface area contributed by atoms with Gasteiger partial charge in [-0.1, -0.05) is 18.2 Å². The van der Waals surface area contributed by atoms with Crippen molar-refractivity contribution in [3.05, 3.63) is 35.9 Å². The third-order valence-electron chi connectivity index (χ3n) is 5.27. The molecule has 162 valence electrons. The average molecular weight is 425 g/mol. The van der Waals surface area contributed by atoms with E-state index in [2.05, 4.69) is 5.32 Å². The second kappa shape index (κ2) is 10.7. The first-order valence-corrected chi connectivity index (χ1v) is 11.8. The van der Waals surface area contributed by atoms with Crippen LogP contribution in [0.5, 0.6) is 0 Å². The lowest BCUT2D eigenvalue weighted by Gasteiger charge is -2.37. The van der Waals surface area contributed by atoms with Gasteiger partial charge in [-0.05, 0) is 45.0 Å². The van der Waals surface area contributed by atoms with Crippen molar-refractivity contribution >= 4 is 21.8 Å². The Bertz CT molecular complexity index is 777. The van der Waals surface area contributed by atoms with Crippen LogP contribution in [0.15, 0.2) is 30.3 Å². The molecule has 0 aromatic heterocycles. The summed E-state index contributed by atoms with van der Waals surface area (Å²) in [5.41, 5.74) is 0.546. The van der Waals surface area contributed by atoms with Crippen LogP contribution in [0.4, 0.5) is 0 Å². The Kier molecular flexibility index (Phi) is 8.60. The third kappa shape index (κ3) is 6.52. The molecule has 29 heavy (non-hydrogen) atoms. The molecule has 1 fully saturated rings. The van der Waals surface area contributed by atoms with E-state index in [0.29, 0.717) is 25.1 Å². The minimum atomic E-state index is -3.26. The molecule has 1 N–H and O–H groups in total. The number of sulfonamides is 1. The number of rotatable bonds is 9. The summed E-state index contributed by atoms with van der Waals surface area (Å²) in [6.07, 6.45) is 3.48. The number of carbonyl (C=O) groups is 2. The maximum Gasteiger partial charge on any atom is 0.254 e. The summed E-state index contributed by atoms with van der Waals surface area (Å²) < 4.78 is 24.8. The van der Waals surface area contributed by atoms with Crippen LogP contribution in [0.1, 0.15) is 29.6 Å². The van der Waals surface area contributed by atoms with Crippen LogP contribution in [0.3, 0.4) is 0 Å². The highest BCUT2D eigenvalue weighted by atomic mass is 32.2. The molecule has 0 unspecified atom stereocenters. The van der Waals surface area contributed by atoms with Crippen LogP contribution < -0.4 is 5.32 Å². The van der Waals surface area contributed by atoms with E-state index in [1.165, 1.54) is 15.5 Å². The number of carbonyl (C=O) groups excluding carboxylic acids is 2. The van der Waals surface area contributed by atoms with Crippen molar-refractivity contribution in [3.8, 4) is 0 Å². The van der Waals surface area contributed by atoms with Crippen molar-refractivity contribution in [1.82, 2.24) is 19.4 Å². The number of likely N-dealkylation sites (N-methyl/N-ethyl adjacent to an activating group) is 1. The van der Waals surface area contributed by atoms with Crippen molar-refractivity contribution in [1.29, 1.82) is 0 Å². The van der Waals surface area contributed by atoms with Crippen LogP contribution in [-0.2, 0) is 14.8 Å². The van der Waals surface area contributed by atoms with Gasteiger partial charge in [-0.2, -0.15) is 4.31 Å². The van der Waals surface area contributed by atoms with Crippen molar-refractivity contribution in [3.63, 3.8) is 0 Å². The first-order valence-electron chi connectivity index (χ1n) is 9.96. The van der Waals surface area contributed by atoms with Crippen LogP contribution in [0.2, 0.25) is 0 Å². The largest absolute Gasteiger partial charge is 0.338 e. The van der Waals surface area contributed by atoms with Gasteiger partial charge >= 0.3 is 0 Å². The van der Waals surface area contributed by atoms with Gasteiger partial charge in [0.1, 0.15) is 6.04 Å². The van der Waals surface area contributed by atoms with Crippen LogP contribution >= 0.6 is 0 Å². The number of nitrogens with zero attached hydrogens (tertiary/aromatic N) is 3. The lowest BCUT2D eigenvalue weighted by atomic mass is 10.0. The molecule has 2 rings (SSSR count). The molecular weight excluding hydrogens is 392 g/mol. The first kappa shape index (κ1) is 23.3.